The zero-order valence-corrected chi connectivity index (χ0v) is 12.5. The number of hydrogen-bond donors (Lipinski definition) is 1. The van der Waals surface area contributed by atoms with Gasteiger partial charge in [0.25, 0.3) is 0 Å². The van der Waals surface area contributed by atoms with Crippen LogP contribution in [0.4, 0.5) is 5.69 Å². The normalized spacial score (nSPS) is 10.0. The maximum Gasteiger partial charge on any atom is 0.228 e. The lowest BCUT2D eigenvalue weighted by Crippen LogP contribution is -2.15. The molecule has 1 amide bonds. The summed E-state index contributed by atoms with van der Waals surface area (Å²) in [6.45, 7) is 0. The molecular formula is C14H13IN2O2. The predicted molar refractivity (Wildman–Crippen MR) is 82.3 cm³/mol. The minimum atomic E-state index is -0.0592. The van der Waals surface area contributed by atoms with Gasteiger partial charge in [-0.15, -0.1) is 0 Å². The van der Waals surface area contributed by atoms with Gasteiger partial charge in [-0.25, -0.2) is 0 Å². The van der Waals surface area contributed by atoms with E-state index in [1.807, 2.05) is 30.3 Å². The van der Waals surface area contributed by atoms with Crippen LogP contribution in [-0.2, 0) is 11.2 Å². The standard InChI is InChI=1S/C14H13IN2O2/c1-19-11-4-5-13(12(15)8-11)17-14(18)7-10-3-2-6-16-9-10/h2-6,8-9H,7H2,1H3,(H,17,18). The SMILES string of the molecule is COc1ccc(NC(=O)Cc2cccnc2)c(I)c1. The minimum Gasteiger partial charge on any atom is -0.497 e. The zero-order chi connectivity index (χ0) is 13.7. The van der Waals surface area contributed by atoms with Crippen LogP contribution in [0.25, 0.3) is 0 Å². The summed E-state index contributed by atoms with van der Waals surface area (Å²) in [6, 6.07) is 9.23. The molecule has 2 rings (SSSR count). The van der Waals surface area contributed by atoms with E-state index in [0.717, 1.165) is 20.6 Å². The quantitative estimate of drug-likeness (QED) is 0.845. The molecule has 0 spiro atoms. The Hall–Kier alpha value is -1.63. The third-order valence-corrected chi connectivity index (χ3v) is 3.43. The fourth-order valence-corrected chi connectivity index (χ4v) is 2.23. The Balaban J connectivity index is 2.03. The van der Waals surface area contributed by atoms with Gasteiger partial charge in [0.15, 0.2) is 0 Å². The van der Waals surface area contributed by atoms with Gasteiger partial charge in [-0.05, 0) is 52.4 Å². The summed E-state index contributed by atoms with van der Waals surface area (Å²) in [5, 5.41) is 2.88. The molecule has 1 aromatic heterocycles. The van der Waals surface area contributed by atoms with Crippen LogP contribution in [0.15, 0.2) is 42.7 Å². The molecule has 0 saturated heterocycles. The number of aromatic nitrogens is 1. The Kier molecular flexibility index (Phi) is 4.73. The molecule has 5 heteroatoms. The molecule has 0 saturated carbocycles. The highest BCUT2D eigenvalue weighted by atomic mass is 127. The maximum absolute atomic E-state index is 11.9. The average molecular weight is 368 g/mol. The van der Waals surface area contributed by atoms with E-state index in [0.29, 0.717) is 6.42 Å². The molecule has 19 heavy (non-hydrogen) atoms. The van der Waals surface area contributed by atoms with Crippen molar-refractivity contribution in [3.63, 3.8) is 0 Å². The molecule has 0 aliphatic rings. The molecule has 0 aliphatic carbocycles. The van der Waals surface area contributed by atoms with Crippen molar-refractivity contribution in [3.8, 4) is 5.75 Å². The van der Waals surface area contributed by atoms with Crippen LogP contribution in [0.5, 0.6) is 5.75 Å². The second-order valence-electron chi connectivity index (χ2n) is 3.93. The van der Waals surface area contributed by atoms with Crippen LogP contribution in [-0.4, -0.2) is 18.0 Å². The summed E-state index contributed by atoms with van der Waals surface area (Å²) in [5.74, 6) is 0.714. The van der Waals surface area contributed by atoms with Crippen LogP contribution in [0.1, 0.15) is 5.56 Å². The number of halogens is 1. The lowest BCUT2D eigenvalue weighted by Gasteiger charge is -2.09. The molecule has 0 bridgehead atoms. The first-order valence-corrected chi connectivity index (χ1v) is 6.79. The number of nitrogens with one attached hydrogen (secondary N) is 1. The molecule has 0 fully saturated rings. The molecule has 1 N–H and O–H groups in total. The molecule has 1 aromatic carbocycles. The maximum atomic E-state index is 11.9. The summed E-state index contributed by atoms with van der Waals surface area (Å²) in [7, 11) is 1.62. The van der Waals surface area contributed by atoms with Gasteiger partial charge in [0.05, 0.1) is 19.2 Å². The Morgan fingerprint density at radius 1 is 1.42 bits per heavy atom. The van der Waals surface area contributed by atoms with E-state index in [1.165, 1.54) is 0 Å². The summed E-state index contributed by atoms with van der Waals surface area (Å²) in [4.78, 5) is 15.9. The molecule has 4 nitrogen and oxygen atoms in total. The first-order chi connectivity index (χ1) is 9.19. The second kappa shape index (κ2) is 6.51. The highest BCUT2D eigenvalue weighted by Gasteiger charge is 2.07. The van der Waals surface area contributed by atoms with Gasteiger partial charge in [0, 0.05) is 16.0 Å². The van der Waals surface area contributed by atoms with Crippen LogP contribution in [0.2, 0.25) is 0 Å². The monoisotopic (exact) mass is 368 g/mol. The zero-order valence-electron chi connectivity index (χ0n) is 10.4. The van der Waals surface area contributed by atoms with E-state index in [-0.39, 0.29) is 5.91 Å². The second-order valence-corrected chi connectivity index (χ2v) is 5.09. The number of nitrogens with zero attached hydrogens (tertiary/aromatic N) is 1. The van der Waals surface area contributed by atoms with Crippen molar-refractivity contribution in [3.05, 3.63) is 51.9 Å². The largest absolute Gasteiger partial charge is 0.497 e. The number of methoxy groups -OCH3 is 1. The van der Waals surface area contributed by atoms with E-state index in [4.69, 9.17) is 4.74 Å². The number of carbonyl (C=O) groups is 1. The Morgan fingerprint density at radius 2 is 2.26 bits per heavy atom. The number of hydrogen-bond acceptors (Lipinski definition) is 3. The van der Waals surface area contributed by atoms with E-state index in [1.54, 1.807) is 19.5 Å². The van der Waals surface area contributed by atoms with Gasteiger partial charge in [-0.1, -0.05) is 6.07 Å². The van der Waals surface area contributed by atoms with Gasteiger partial charge in [0.2, 0.25) is 5.91 Å². The smallest absolute Gasteiger partial charge is 0.228 e. The summed E-state index contributed by atoms with van der Waals surface area (Å²) in [6.07, 6.45) is 3.70. The first kappa shape index (κ1) is 13.8. The highest BCUT2D eigenvalue weighted by molar-refractivity contribution is 14.1. The van der Waals surface area contributed by atoms with Gasteiger partial charge in [-0.3, -0.25) is 9.78 Å². The number of amides is 1. The Morgan fingerprint density at radius 3 is 2.89 bits per heavy atom. The fraction of sp³-hybridized carbons (Fsp3) is 0.143. The average Bonchev–Trinajstić information content (AvgIpc) is 2.42. The summed E-state index contributed by atoms with van der Waals surface area (Å²) < 4.78 is 6.07. The molecule has 0 radical (unpaired) electrons. The lowest BCUT2D eigenvalue weighted by molar-refractivity contribution is -0.115. The van der Waals surface area contributed by atoms with E-state index < -0.39 is 0 Å². The van der Waals surface area contributed by atoms with E-state index in [9.17, 15) is 4.79 Å². The molecule has 98 valence electrons. The van der Waals surface area contributed by atoms with Crippen molar-refractivity contribution in [1.29, 1.82) is 0 Å². The molecule has 0 unspecified atom stereocenters. The van der Waals surface area contributed by atoms with Crippen molar-refractivity contribution in [2.75, 3.05) is 12.4 Å². The van der Waals surface area contributed by atoms with Crippen molar-refractivity contribution in [2.24, 2.45) is 0 Å². The van der Waals surface area contributed by atoms with E-state index >= 15 is 0 Å². The third-order valence-electron chi connectivity index (χ3n) is 2.54. The fourth-order valence-electron chi connectivity index (χ4n) is 1.61. The highest BCUT2D eigenvalue weighted by Crippen LogP contribution is 2.23. The predicted octanol–water partition coefficient (Wildman–Crippen LogP) is 2.88. The molecule has 0 atom stereocenters. The summed E-state index contributed by atoms with van der Waals surface area (Å²) in [5.41, 5.74) is 1.68. The van der Waals surface area contributed by atoms with Crippen molar-refractivity contribution < 1.29 is 9.53 Å². The molecule has 2 aromatic rings. The van der Waals surface area contributed by atoms with Crippen molar-refractivity contribution in [2.45, 2.75) is 6.42 Å². The minimum absolute atomic E-state index is 0.0592. The number of anilines is 1. The Bertz CT molecular complexity index is 573. The van der Waals surface area contributed by atoms with Crippen LogP contribution >= 0.6 is 22.6 Å². The van der Waals surface area contributed by atoms with Crippen LogP contribution in [0.3, 0.4) is 0 Å². The van der Waals surface area contributed by atoms with Crippen molar-refractivity contribution in [1.82, 2.24) is 4.98 Å². The molecular weight excluding hydrogens is 355 g/mol. The topological polar surface area (TPSA) is 51.2 Å². The van der Waals surface area contributed by atoms with Crippen molar-refractivity contribution >= 4 is 34.2 Å². The van der Waals surface area contributed by atoms with Gasteiger partial charge < -0.3 is 10.1 Å². The first-order valence-electron chi connectivity index (χ1n) is 5.71. The Labute approximate surface area is 125 Å². The third kappa shape index (κ3) is 3.92. The van der Waals surface area contributed by atoms with Crippen LogP contribution in [0, 0.1) is 3.57 Å². The van der Waals surface area contributed by atoms with Gasteiger partial charge in [0.1, 0.15) is 5.75 Å². The molecule has 0 aliphatic heterocycles. The number of ether oxygens (including phenoxy) is 1. The molecule has 1 heterocycles. The number of pyridine rings is 1. The van der Waals surface area contributed by atoms with E-state index in [2.05, 4.69) is 32.9 Å². The number of benzene rings is 1. The van der Waals surface area contributed by atoms with Crippen LogP contribution < -0.4 is 10.1 Å². The van der Waals surface area contributed by atoms with Gasteiger partial charge >= 0.3 is 0 Å². The summed E-state index contributed by atoms with van der Waals surface area (Å²) >= 11 is 2.17. The lowest BCUT2D eigenvalue weighted by atomic mass is 10.2. The van der Waals surface area contributed by atoms with Gasteiger partial charge in [-0.2, -0.15) is 0 Å². The number of carbonyl (C=O) groups excluding carboxylic acids is 1. The number of rotatable bonds is 4.